The summed E-state index contributed by atoms with van der Waals surface area (Å²) in [6.07, 6.45) is 2.23. The summed E-state index contributed by atoms with van der Waals surface area (Å²) in [5.74, 6) is -0.876. The summed E-state index contributed by atoms with van der Waals surface area (Å²) in [7, 11) is -3.85. The first kappa shape index (κ1) is 27.3. The van der Waals surface area contributed by atoms with Crippen molar-refractivity contribution in [3.8, 4) is 20.9 Å². The van der Waals surface area contributed by atoms with Crippen LogP contribution in [0.5, 0.6) is 0 Å². The highest BCUT2D eigenvalue weighted by molar-refractivity contribution is 7.89. The van der Waals surface area contributed by atoms with Crippen LogP contribution in [-0.4, -0.2) is 20.2 Å². The van der Waals surface area contributed by atoms with E-state index in [2.05, 4.69) is 22.8 Å². The number of carbonyl (C=O) groups is 2. The standard InChI is InChI=1S/C29H29N3O4S3/c30-39(35,36)27-9-2-1-5-22(27)20-12-10-19(11-13-20)17-31-28(33)23-6-3-7-24(23)29(34)32-18-21-14-15-26(38-21)25-8-4-16-37-25/h1-2,4-5,8-16,23-24H,3,6-7,17-18H2,(H,31,33)(H,32,34)(H2,30,35,36). The van der Waals surface area contributed by atoms with E-state index in [9.17, 15) is 18.0 Å². The second kappa shape index (κ2) is 11.8. The molecule has 0 radical (unpaired) electrons. The Hall–Kier alpha value is -3.31. The van der Waals surface area contributed by atoms with Gasteiger partial charge in [0, 0.05) is 38.6 Å². The van der Waals surface area contributed by atoms with Crippen LogP contribution in [0.2, 0.25) is 0 Å². The molecule has 2 aromatic heterocycles. The van der Waals surface area contributed by atoms with Crippen LogP contribution >= 0.6 is 22.7 Å². The minimum Gasteiger partial charge on any atom is -0.352 e. The lowest BCUT2D eigenvalue weighted by Gasteiger charge is -2.19. The van der Waals surface area contributed by atoms with Gasteiger partial charge in [0.05, 0.1) is 11.4 Å². The van der Waals surface area contributed by atoms with Crippen LogP contribution in [0.25, 0.3) is 20.9 Å². The summed E-state index contributed by atoms with van der Waals surface area (Å²) in [6.45, 7) is 0.780. The minimum absolute atomic E-state index is 0.0682. The van der Waals surface area contributed by atoms with Crippen LogP contribution in [0.3, 0.4) is 0 Å². The first-order valence-electron chi connectivity index (χ1n) is 12.7. The lowest BCUT2D eigenvalue weighted by molar-refractivity contribution is -0.133. The molecule has 4 aromatic rings. The molecule has 0 spiro atoms. The second-order valence-electron chi connectivity index (χ2n) is 9.56. The van der Waals surface area contributed by atoms with Crippen molar-refractivity contribution in [2.24, 2.45) is 17.0 Å². The maximum absolute atomic E-state index is 13.0. The van der Waals surface area contributed by atoms with Crippen molar-refractivity contribution in [3.05, 3.63) is 88.6 Å². The number of nitrogens with two attached hydrogens (primary N) is 1. The Morgan fingerprint density at radius 1 is 0.821 bits per heavy atom. The number of primary sulfonamides is 1. The summed E-state index contributed by atoms with van der Waals surface area (Å²) >= 11 is 3.36. The molecule has 4 N–H and O–H groups in total. The number of hydrogen-bond donors (Lipinski definition) is 3. The van der Waals surface area contributed by atoms with E-state index in [1.807, 2.05) is 41.8 Å². The molecule has 0 saturated heterocycles. The molecule has 2 atom stereocenters. The zero-order valence-corrected chi connectivity index (χ0v) is 23.6. The lowest BCUT2D eigenvalue weighted by atomic mass is 9.94. The molecule has 2 amide bonds. The van der Waals surface area contributed by atoms with Gasteiger partial charge in [0.2, 0.25) is 21.8 Å². The van der Waals surface area contributed by atoms with Gasteiger partial charge in [0.15, 0.2) is 0 Å². The molecule has 2 aromatic carbocycles. The summed E-state index contributed by atoms with van der Waals surface area (Å²) in [6, 6.07) is 22.1. The molecule has 0 aliphatic heterocycles. The number of nitrogens with one attached hydrogen (secondary N) is 2. The topological polar surface area (TPSA) is 118 Å². The molecule has 2 heterocycles. The molecule has 1 fully saturated rings. The molecular formula is C29H29N3O4S3. The van der Waals surface area contributed by atoms with E-state index in [1.54, 1.807) is 40.9 Å². The van der Waals surface area contributed by atoms with Gasteiger partial charge < -0.3 is 10.6 Å². The van der Waals surface area contributed by atoms with Gasteiger partial charge in [-0.15, -0.1) is 22.7 Å². The molecule has 0 bridgehead atoms. The first-order chi connectivity index (χ1) is 18.8. The van der Waals surface area contributed by atoms with Crippen molar-refractivity contribution in [3.63, 3.8) is 0 Å². The summed E-state index contributed by atoms with van der Waals surface area (Å²) < 4.78 is 23.9. The number of carbonyl (C=O) groups excluding carboxylic acids is 2. The van der Waals surface area contributed by atoms with Crippen molar-refractivity contribution < 1.29 is 18.0 Å². The van der Waals surface area contributed by atoms with Gasteiger partial charge in [-0.2, -0.15) is 0 Å². The smallest absolute Gasteiger partial charge is 0.238 e. The Kier molecular flexibility index (Phi) is 8.27. The van der Waals surface area contributed by atoms with Gasteiger partial charge >= 0.3 is 0 Å². The summed E-state index contributed by atoms with van der Waals surface area (Å²) in [5.41, 5.74) is 2.12. The third-order valence-corrected chi connectivity index (χ3v) is 10.1. The molecule has 39 heavy (non-hydrogen) atoms. The average molecular weight is 580 g/mol. The van der Waals surface area contributed by atoms with E-state index in [-0.39, 0.29) is 28.5 Å². The minimum atomic E-state index is -3.85. The Bertz CT molecular complexity index is 1560. The summed E-state index contributed by atoms with van der Waals surface area (Å²) in [4.78, 5) is 29.6. The van der Waals surface area contributed by atoms with E-state index in [0.29, 0.717) is 31.5 Å². The number of amides is 2. The molecule has 7 nitrogen and oxygen atoms in total. The quantitative estimate of drug-likeness (QED) is 0.254. The number of hydrogen-bond acceptors (Lipinski definition) is 6. The van der Waals surface area contributed by atoms with Crippen molar-refractivity contribution in [1.82, 2.24) is 10.6 Å². The predicted octanol–water partition coefficient (Wildman–Crippen LogP) is 5.14. The lowest BCUT2D eigenvalue weighted by Crippen LogP contribution is -2.39. The Morgan fingerprint density at radius 3 is 2.18 bits per heavy atom. The van der Waals surface area contributed by atoms with E-state index in [1.165, 1.54) is 15.8 Å². The zero-order valence-electron chi connectivity index (χ0n) is 21.1. The molecule has 1 aliphatic rings. The van der Waals surface area contributed by atoms with Crippen LogP contribution in [0.15, 0.2) is 83.1 Å². The normalized spacial score (nSPS) is 17.2. The molecule has 202 valence electrons. The Morgan fingerprint density at radius 2 is 1.51 bits per heavy atom. The fourth-order valence-corrected chi connectivity index (χ4v) is 7.54. The van der Waals surface area contributed by atoms with Gasteiger partial charge in [0.1, 0.15) is 0 Å². The van der Waals surface area contributed by atoms with Gasteiger partial charge in [-0.25, -0.2) is 13.6 Å². The largest absolute Gasteiger partial charge is 0.352 e. The van der Waals surface area contributed by atoms with E-state index in [4.69, 9.17) is 5.14 Å². The van der Waals surface area contributed by atoms with Crippen LogP contribution in [0, 0.1) is 11.8 Å². The second-order valence-corrected chi connectivity index (χ2v) is 13.2. The van der Waals surface area contributed by atoms with E-state index in [0.717, 1.165) is 22.4 Å². The fraction of sp³-hybridized carbons (Fsp3) is 0.241. The van der Waals surface area contributed by atoms with Crippen LogP contribution in [0.1, 0.15) is 29.7 Å². The molecule has 10 heteroatoms. The molecular weight excluding hydrogens is 551 g/mol. The average Bonchev–Trinajstić information content (AvgIpc) is 3.72. The first-order valence-corrected chi connectivity index (χ1v) is 15.9. The zero-order chi connectivity index (χ0) is 27.4. The summed E-state index contributed by atoms with van der Waals surface area (Å²) in [5, 5.41) is 13.4. The van der Waals surface area contributed by atoms with Gasteiger partial charge in [-0.05, 0) is 53.6 Å². The SMILES string of the molecule is NS(=O)(=O)c1ccccc1-c1ccc(CNC(=O)C2CCCC2C(=O)NCc2ccc(-c3cccs3)s2)cc1. The highest BCUT2D eigenvalue weighted by Crippen LogP contribution is 2.34. The highest BCUT2D eigenvalue weighted by Gasteiger charge is 2.37. The Balaban J connectivity index is 1.15. The van der Waals surface area contributed by atoms with Crippen molar-refractivity contribution >= 4 is 44.5 Å². The highest BCUT2D eigenvalue weighted by atomic mass is 32.2. The number of benzene rings is 2. The molecule has 1 saturated carbocycles. The maximum atomic E-state index is 13.0. The third-order valence-electron chi connectivity index (χ3n) is 6.98. The molecule has 1 aliphatic carbocycles. The van der Waals surface area contributed by atoms with E-state index < -0.39 is 10.0 Å². The molecule has 2 unspecified atom stereocenters. The van der Waals surface area contributed by atoms with Crippen LogP contribution in [0.4, 0.5) is 0 Å². The monoisotopic (exact) mass is 579 g/mol. The van der Waals surface area contributed by atoms with Gasteiger partial charge in [0.25, 0.3) is 0 Å². The maximum Gasteiger partial charge on any atom is 0.238 e. The van der Waals surface area contributed by atoms with Crippen molar-refractivity contribution in [2.45, 2.75) is 37.2 Å². The van der Waals surface area contributed by atoms with Crippen LogP contribution in [-0.2, 0) is 32.7 Å². The Labute approximate surface area is 236 Å². The molecule has 5 rings (SSSR count). The predicted molar refractivity (Wildman–Crippen MR) is 155 cm³/mol. The van der Waals surface area contributed by atoms with Gasteiger partial charge in [-0.3, -0.25) is 9.59 Å². The van der Waals surface area contributed by atoms with Gasteiger partial charge in [-0.1, -0.05) is 55.0 Å². The number of sulfonamides is 1. The number of thiophene rings is 2. The third kappa shape index (κ3) is 6.47. The van der Waals surface area contributed by atoms with Crippen molar-refractivity contribution in [1.29, 1.82) is 0 Å². The fourth-order valence-electron chi connectivity index (χ4n) is 4.99. The number of rotatable bonds is 9. The van der Waals surface area contributed by atoms with E-state index >= 15 is 0 Å². The van der Waals surface area contributed by atoms with Crippen molar-refractivity contribution in [2.75, 3.05) is 0 Å². The van der Waals surface area contributed by atoms with Crippen LogP contribution < -0.4 is 15.8 Å².